The maximum atomic E-state index is 15.1. The fourth-order valence-electron chi connectivity index (χ4n) is 6.94. The first kappa shape index (κ1) is 37.5. The van der Waals surface area contributed by atoms with E-state index in [2.05, 4.69) is 9.97 Å². The number of hydrogen-bond acceptors (Lipinski definition) is 6. The van der Waals surface area contributed by atoms with Crippen molar-refractivity contribution in [2.24, 2.45) is 0 Å². The summed E-state index contributed by atoms with van der Waals surface area (Å²) in [6, 6.07) is 27.8. The summed E-state index contributed by atoms with van der Waals surface area (Å²) < 4.78 is 54.8. The number of aromatic carboxylic acids is 1. The third-order valence-corrected chi connectivity index (χ3v) is 10.4. The lowest BCUT2D eigenvalue weighted by molar-refractivity contribution is -0.165. The van der Waals surface area contributed by atoms with Gasteiger partial charge in [0.2, 0.25) is 5.91 Å². The number of thioether (sulfide) groups is 1. The van der Waals surface area contributed by atoms with Gasteiger partial charge < -0.3 is 24.5 Å². The van der Waals surface area contributed by atoms with E-state index in [0.717, 1.165) is 33.6 Å². The fourth-order valence-corrected chi connectivity index (χ4v) is 7.79. The third-order valence-electron chi connectivity index (χ3n) is 9.45. The number of nitrogens with one attached hydrogen (secondary N) is 1. The summed E-state index contributed by atoms with van der Waals surface area (Å²) in [6.45, 7) is 0.532. The van der Waals surface area contributed by atoms with Crippen molar-refractivity contribution in [2.45, 2.75) is 62.5 Å². The van der Waals surface area contributed by atoms with Gasteiger partial charge in [-0.3, -0.25) is 4.79 Å². The van der Waals surface area contributed by atoms with Crippen molar-refractivity contribution in [1.82, 2.24) is 14.9 Å². The summed E-state index contributed by atoms with van der Waals surface area (Å²) in [7, 11) is 1.44. The molecule has 0 atom stereocenters. The van der Waals surface area contributed by atoms with Crippen molar-refractivity contribution in [2.75, 3.05) is 19.4 Å². The lowest BCUT2D eigenvalue weighted by atomic mass is 9.72. The van der Waals surface area contributed by atoms with Gasteiger partial charge in [-0.1, -0.05) is 103 Å². The molecule has 53 heavy (non-hydrogen) atoms. The van der Waals surface area contributed by atoms with Crippen LogP contribution in [0.25, 0.3) is 11.1 Å². The molecule has 1 amide bonds. The molecule has 6 rings (SSSR count). The molecule has 1 heterocycles. The van der Waals surface area contributed by atoms with Crippen molar-refractivity contribution in [1.29, 1.82) is 0 Å². The zero-order chi connectivity index (χ0) is 37.6. The predicted octanol–water partition coefficient (Wildman–Crippen LogP) is 9.21. The number of aromatic nitrogens is 2. The fraction of sp³-hybridized carbons (Fsp3) is 0.293. The minimum Gasteiger partial charge on any atom is -0.496 e. The van der Waals surface area contributed by atoms with Crippen LogP contribution in [-0.4, -0.2) is 57.4 Å². The first-order chi connectivity index (χ1) is 25.5. The monoisotopic (exact) mass is 743 g/mol. The molecule has 5 aromatic rings. The maximum absolute atomic E-state index is 15.1. The molecule has 0 spiro atoms. The van der Waals surface area contributed by atoms with Crippen LogP contribution >= 0.6 is 11.8 Å². The van der Waals surface area contributed by atoms with E-state index >= 15 is 4.79 Å². The molecular weight excluding hydrogens is 704 g/mol. The van der Waals surface area contributed by atoms with Gasteiger partial charge in [-0.25, -0.2) is 9.78 Å². The number of carbonyl (C=O) groups is 2. The minimum atomic E-state index is -4.66. The average Bonchev–Trinajstić information content (AvgIpc) is 3.74. The van der Waals surface area contributed by atoms with Crippen LogP contribution in [0.3, 0.4) is 0 Å². The highest BCUT2D eigenvalue weighted by Crippen LogP contribution is 2.53. The topological polar surface area (TPSA) is 105 Å². The molecule has 0 radical (unpaired) electrons. The minimum absolute atomic E-state index is 0.00920. The predicted molar refractivity (Wildman–Crippen MR) is 197 cm³/mol. The van der Waals surface area contributed by atoms with E-state index in [0.29, 0.717) is 65.0 Å². The van der Waals surface area contributed by atoms with E-state index in [4.69, 9.17) is 14.6 Å². The van der Waals surface area contributed by atoms with Crippen LogP contribution in [0.1, 0.15) is 64.0 Å². The Morgan fingerprint density at radius 2 is 1.60 bits per heavy atom. The Kier molecular flexibility index (Phi) is 11.5. The van der Waals surface area contributed by atoms with E-state index in [1.54, 1.807) is 18.2 Å². The number of fused-ring (bicyclic) bond motifs is 3. The number of aromatic amines is 1. The van der Waals surface area contributed by atoms with E-state index in [9.17, 15) is 18.0 Å². The second-order valence-electron chi connectivity index (χ2n) is 13.1. The first-order valence-electron chi connectivity index (χ1n) is 17.3. The second kappa shape index (κ2) is 16.2. The number of rotatable bonds is 16. The maximum Gasteiger partial charge on any atom is 0.406 e. The number of amides is 1. The Bertz CT molecular complexity index is 2020. The first-order valence-corrected chi connectivity index (χ1v) is 18.3. The summed E-state index contributed by atoms with van der Waals surface area (Å²) in [5.74, 6) is -0.264. The Balaban J connectivity index is 1.26. The number of hydrogen-bond donors (Lipinski definition) is 2. The van der Waals surface area contributed by atoms with Crippen LogP contribution in [-0.2, 0) is 23.4 Å². The van der Waals surface area contributed by atoms with Crippen molar-refractivity contribution in [3.63, 3.8) is 0 Å². The van der Waals surface area contributed by atoms with Crippen molar-refractivity contribution >= 4 is 23.6 Å². The molecule has 0 saturated heterocycles. The molecule has 1 aromatic heterocycles. The number of aryl methyl sites for hydroxylation is 1. The molecule has 0 bridgehead atoms. The molecule has 2 N–H and O–H groups in total. The number of ether oxygens (including phenoxy) is 2. The van der Waals surface area contributed by atoms with Crippen LogP contribution < -0.4 is 9.47 Å². The molecule has 1 aliphatic rings. The molecule has 1 aliphatic carbocycles. The Morgan fingerprint density at radius 3 is 2.23 bits per heavy atom. The summed E-state index contributed by atoms with van der Waals surface area (Å²) in [5.41, 5.74) is 4.22. The van der Waals surface area contributed by atoms with E-state index in [-0.39, 0.29) is 12.2 Å². The largest absolute Gasteiger partial charge is 0.496 e. The van der Waals surface area contributed by atoms with Crippen molar-refractivity contribution < 1.29 is 37.3 Å². The zero-order valence-corrected chi connectivity index (χ0v) is 30.2. The molecular formula is C41H40F3N3O5S. The Morgan fingerprint density at radius 1 is 0.925 bits per heavy atom. The summed E-state index contributed by atoms with van der Waals surface area (Å²) in [5, 5.41) is 9.65. The smallest absolute Gasteiger partial charge is 0.406 e. The molecule has 0 unspecified atom stereocenters. The molecule has 0 saturated carbocycles. The number of unbranched alkanes of at least 4 members (excludes halogenated alkanes) is 2. The normalized spacial score (nSPS) is 12.9. The Hall–Kier alpha value is -5.23. The van der Waals surface area contributed by atoms with Gasteiger partial charge in [0.1, 0.15) is 35.8 Å². The van der Waals surface area contributed by atoms with E-state index in [1.807, 2.05) is 79.7 Å². The number of halogens is 3. The van der Waals surface area contributed by atoms with Crippen LogP contribution in [0.4, 0.5) is 13.2 Å². The molecule has 8 nitrogen and oxygen atoms in total. The molecule has 12 heteroatoms. The molecule has 0 fully saturated rings. The van der Waals surface area contributed by atoms with Gasteiger partial charge in [0.15, 0.2) is 5.16 Å². The highest BCUT2D eigenvalue weighted by atomic mass is 32.2. The van der Waals surface area contributed by atoms with Gasteiger partial charge in [0, 0.05) is 23.9 Å². The highest BCUT2D eigenvalue weighted by molar-refractivity contribution is 7.99. The van der Waals surface area contributed by atoms with E-state index in [1.165, 1.54) is 25.1 Å². The number of H-pyrrole nitrogens is 1. The summed E-state index contributed by atoms with van der Waals surface area (Å²) in [6.07, 6.45) is -1.12. The SMILES string of the molecule is COc1cc(OCc2ccc(C)cc2)ccc1CN(CC(F)(F)F)C(=O)C1(CCCCCSc2ncc(C(=O)O)[nH]2)c2ccccc2-c2ccccc21. The van der Waals surface area contributed by atoms with Crippen molar-refractivity contribution in [3.8, 4) is 22.6 Å². The number of carboxylic acids is 1. The lowest BCUT2D eigenvalue weighted by Gasteiger charge is -2.37. The number of methoxy groups -OCH3 is 1. The van der Waals surface area contributed by atoms with Gasteiger partial charge in [0.05, 0.1) is 13.3 Å². The molecule has 0 aliphatic heterocycles. The number of benzene rings is 4. The number of carboxylic acid groups (broad SMARTS) is 1. The third kappa shape index (κ3) is 8.54. The van der Waals surface area contributed by atoms with Gasteiger partial charge >= 0.3 is 12.1 Å². The van der Waals surface area contributed by atoms with Gasteiger partial charge in [-0.2, -0.15) is 13.2 Å². The number of nitrogens with zero attached hydrogens (tertiary/aromatic N) is 2. The zero-order valence-electron chi connectivity index (χ0n) is 29.4. The summed E-state index contributed by atoms with van der Waals surface area (Å²) in [4.78, 5) is 34.0. The number of carbonyl (C=O) groups excluding carboxylic acids is 1. The van der Waals surface area contributed by atoms with Crippen LogP contribution in [0.2, 0.25) is 0 Å². The second-order valence-corrected chi connectivity index (χ2v) is 14.2. The average molecular weight is 744 g/mol. The standard InChI is InChI=1S/C41H40F3N3O5S/c1-27-14-16-28(17-15-27)25-52-30-19-18-29(36(22-30)51-2)24-47(26-41(42,43)44)38(50)40(20-8-3-9-21-53-39-45-23-35(46-39)37(48)49)33-12-6-4-10-31(33)32-11-5-7-13-34(32)40/h4-7,10-19,22-23H,3,8-9,20-21,24-26H2,1-2H3,(H,45,46)(H,48,49). The number of imidazole rings is 1. The molecule has 276 valence electrons. The lowest BCUT2D eigenvalue weighted by Crippen LogP contribution is -2.49. The quantitative estimate of drug-likeness (QED) is 0.0767. The van der Waals surface area contributed by atoms with E-state index < -0.39 is 30.0 Å². The van der Waals surface area contributed by atoms with Crippen molar-refractivity contribution in [3.05, 3.63) is 131 Å². The number of alkyl halides is 3. The van der Waals surface area contributed by atoms with Gasteiger partial charge in [-0.15, -0.1) is 0 Å². The van der Waals surface area contributed by atoms with Gasteiger partial charge in [0.25, 0.3) is 0 Å². The van der Waals surface area contributed by atoms with Crippen LogP contribution in [0.15, 0.2) is 102 Å². The van der Waals surface area contributed by atoms with Crippen LogP contribution in [0.5, 0.6) is 11.5 Å². The Labute approximate surface area is 310 Å². The van der Waals surface area contributed by atoms with Crippen LogP contribution in [0, 0.1) is 6.92 Å². The summed E-state index contributed by atoms with van der Waals surface area (Å²) >= 11 is 1.39. The molecule has 4 aromatic carbocycles. The highest BCUT2D eigenvalue weighted by Gasteiger charge is 2.51. The van der Waals surface area contributed by atoms with Gasteiger partial charge in [-0.05, 0) is 59.7 Å².